The van der Waals surface area contributed by atoms with Gasteiger partial charge in [-0.05, 0) is 25.3 Å². The van der Waals surface area contributed by atoms with Crippen molar-refractivity contribution in [3.63, 3.8) is 0 Å². The van der Waals surface area contributed by atoms with Crippen molar-refractivity contribution in [1.82, 2.24) is 9.21 Å². The number of amides is 1. The molecule has 0 radical (unpaired) electrons. The number of carbonyl (C=O) groups excluding carboxylic acids is 1. The third-order valence-electron chi connectivity index (χ3n) is 5.30. The van der Waals surface area contributed by atoms with Gasteiger partial charge in [-0.2, -0.15) is 12.7 Å². The zero-order valence-electron chi connectivity index (χ0n) is 13.4. The van der Waals surface area contributed by atoms with Gasteiger partial charge in [0, 0.05) is 19.1 Å². The van der Waals surface area contributed by atoms with Gasteiger partial charge in [-0.15, -0.1) is 0 Å². The average Bonchev–Trinajstić information content (AvgIpc) is 2.94. The van der Waals surface area contributed by atoms with Crippen LogP contribution in [0.4, 0.5) is 4.79 Å². The van der Waals surface area contributed by atoms with E-state index in [1.54, 1.807) is 11.8 Å². The molecular formula is C16H20N2O5S. The van der Waals surface area contributed by atoms with E-state index < -0.39 is 28.0 Å². The summed E-state index contributed by atoms with van der Waals surface area (Å²) in [6.45, 7) is 2.64. The van der Waals surface area contributed by atoms with E-state index in [4.69, 9.17) is 8.92 Å². The topological polar surface area (TPSA) is 76.2 Å². The molecular weight excluding hydrogens is 332 g/mol. The molecule has 3 heterocycles. The summed E-state index contributed by atoms with van der Waals surface area (Å²) in [6, 6.07) is 9.26. The van der Waals surface area contributed by atoms with Crippen LogP contribution in [-0.4, -0.2) is 54.5 Å². The zero-order chi connectivity index (χ0) is 16.9. The molecule has 1 aromatic rings. The summed E-state index contributed by atoms with van der Waals surface area (Å²) in [5.74, 6) is 0. The summed E-state index contributed by atoms with van der Waals surface area (Å²) in [5, 5.41) is 0. The molecule has 0 aliphatic carbocycles. The number of ether oxygens (including phenoxy) is 1. The molecule has 3 fully saturated rings. The maximum absolute atomic E-state index is 12.4. The predicted octanol–water partition coefficient (Wildman–Crippen LogP) is 1.51. The minimum absolute atomic E-state index is 0.210. The molecule has 3 atom stereocenters. The van der Waals surface area contributed by atoms with Crippen molar-refractivity contribution >= 4 is 16.4 Å². The Morgan fingerprint density at radius 1 is 1.38 bits per heavy atom. The number of piperazine rings is 1. The van der Waals surface area contributed by atoms with E-state index in [2.05, 4.69) is 0 Å². The van der Waals surface area contributed by atoms with Crippen LogP contribution < -0.4 is 0 Å². The highest BCUT2D eigenvalue weighted by atomic mass is 32.2. The summed E-state index contributed by atoms with van der Waals surface area (Å²) in [4.78, 5) is 14.1. The number of nitrogens with zero attached hydrogens (tertiary/aromatic N) is 2. The van der Waals surface area contributed by atoms with Crippen LogP contribution in [0.1, 0.15) is 25.3 Å². The molecule has 3 aliphatic heterocycles. The van der Waals surface area contributed by atoms with Crippen LogP contribution in [0.3, 0.4) is 0 Å². The molecule has 1 aromatic carbocycles. The molecule has 3 unspecified atom stereocenters. The smallest absolute Gasteiger partial charge is 0.410 e. The van der Waals surface area contributed by atoms with Crippen molar-refractivity contribution in [2.24, 2.45) is 0 Å². The number of hydrogen-bond donors (Lipinski definition) is 0. The van der Waals surface area contributed by atoms with Crippen molar-refractivity contribution in [2.45, 2.75) is 44.1 Å². The zero-order valence-corrected chi connectivity index (χ0v) is 14.2. The first-order chi connectivity index (χ1) is 11.4. The minimum Gasteiger partial charge on any atom is -0.445 e. The van der Waals surface area contributed by atoms with E-state index in [9.17, 15) is 13.2 Å². The van der Waals surface area contributed by atoms with Gasteiger partial charge in [0.15, 0.2) is 0 Å². The highest BCUT2D eigenvalue weighted by Gasteiger charge is 2.65. The highest BCUT2D eigenvalue weighted by molar-refractivity contribution is 7.84. The second-order valence-corrected chi connectivity index (χ2v) is 8.15. The summed E-state index contributed by atoms with van der Waals surface area (Å²) in [5.41, 5.74) is 0.277. The van der Waals surface area contributed by atoms with E-state index in [0.717, 1.165) is 12.0 Å². The molecule has 0 aromatic heterocycles. The highest BCUT2D eigenvalue weighted by Crippen LogP contribution is 2.49. The van der Waals surface area contributed by atoms with E-state index in [1.807, 2.05) is 30.3 Å². The fourth-order valence-electron chi connectivity index (χ4n) is 4.16. The second-order valence-electron chi connectivity index (χ2n) is 6.71. The Balaban J connectivity index is 1.49. The summed E-state index contributed by atoms with van der Waals surface area (Å²) < 4.78 is 36.5. The summed E-state index contributed by atoms with van der Waals surface area (Å²) >= 11 is 0. The lowest BCUT2D eigenvalue weighted by atomic mass is 9.91. The molecule has 8 heteroatoms. The third-order valence-corrected chi connectivity index (χ3v) is 6.98. The number of benzene rings is 1. The lowest BCUT2D eigenvalue weighted by Gasteiger charge is -2.42. The van der Waals surface area contributed by atoms with Gasteiger partial charge < -0.3 is 9.64 Å². The Bertz CT molecular complexity index is 753. The molecule has 3 aliphatic rings. The van der Waals surface area contributed by atoms with Gasteiger partial charge in [0.05, 0.1) is 11.6 Å². The third kappa shape index (κ3) is 2.32. The maximum atomic E-state index is 12.4. The first-order valence-electron chi connectivity index (χ1n) is 8.11. The van der Waals surface area contributed by atoms with Gasteiger partial charge in [-0.25, -0.2) is 4.79 Å². The lowest BCUT2D eigenvalue weighted by Crippen LogP contribution is -2.63. The van der Waals surface area contributed by atoms with Gasteiger partial charge in [0.25, 0.3) is 0 Å². The molecule has 24 heavy (non-hydrogen) atoms. The molecule has 7 nitrogen and oxygen atoms in total. The Labute approximate surface area is 141 Å². The largest absolute Gasteiger partial charge is 0.445 e. The van der Waals surface area contributed by atoms with Crippen LogP contribution in [0.2, 0.25) is 0 Å². The Kier molecular flexibility index (Phi) is 3.59. The van der Waals surface area contributed by atoms with E-state index in [-0.39, 0.29) is 12.6 Å². The molecule has 130 valence electrons. The Hall–Kier alpha value is -1.64. The normalized spacial score (nSPS) is 34.1. The van der Waals surface area contributed by atoms with Crippen molar-refractivity contribution in [3.8, 4) is 0 Å². The molecule has 0 N–H and O–H groups in total. The van der Waals surface area contributed by atoms with Crippen molar-refractivity contribution in [3.05, 3.63) is 35.9 Å². The molecule has 4 rings (SSSR count). The van der Waals surface area contributed by atoms with Crippen LogP contribution in [0, 0.1) is 0 Å². The first kappa shape index (κ1) is 15.9. The van der Waals surface area contributed by atoms with Crippen LogP contribution >= 0.6 is 0 Å². The van der Waals surface area contributed by atoms with Crippen molar-refractivity contribution in [1.29, 1.82) is 0 Å². The fourth-order valence-corrected chi connectivity index (χ4v) is 6.07. The van der Waals surface area contributed by atoms with Gasteiger partial charge in [0.1, 0.15) is 6.61 Å². The minimum atomic E-state index is -3.69. The monoisotopic (exact) mass is 352 g/mol. The van der Waals surface area contributed by atoms with Gasteiger partial charge in [-0.3, -0.25) is 4.18 Å². The van der Waals surface area contributed by atoms with E-state index in [1.165, 1.54) is 4.31 Å². The standard InChI is InChI=1S/C16H20N2O5S/c1-12-16-8-7-14(18(16)24(20,21)23-12)9-17(11-16)15(19)22-10-13-5-3-2-4-6-13/h2-6,12,14H,7-11H2,1H3. The molecule has 0 spiro atoms. The van der Waals surface area contributed by atoms with E-state index >= 15 is 0 Å². The quantitative estimate of drug-likeness (QED) is 0.806. The van der Waals surface area contributed by atoms with Crippen LogP contribution in [0.15, 0.2) is 30.3 Å². The first-order valence-corrected chi connectivity index (χ1v) is 9.47. The van der Waals surface area contributed by atoms with Gasteiger partial charge >= 0.3 is 16.4 Å². The van der Waals surface area contributed by atoms with Crippen LogP contribution in [-0.2, 0) is 25.8 Å². The summed E-state index contributed by atoms with van der Waals surface area (Å²) in [7, 11) is -3.69. The number of carbonyl (C=O) groups is 1. The second kappa shape index (κ2) is 5.44. The van der Waals surface area contributed by atoms with Crippen LogP contribution in [0.25, 0.3) is 0 Å². The predicted molar refractivity (Wildman–Crippen MR) is 85.3 cm³/mol. The van der Waals surface area contributed by atoms with Crippen molar-refractivity contribution < 1.29 is 22.1 Å². The average molecular weight is 352 g/mol. The van der Waals surface area contributed by atoms with E-state index in [0.29, 0.717) is 19.5 Å². The molecule has 1 amide bonds. The number of rotatable bonds is 2. The molecule has 3 saturated heterocycles. The van der Waals surface area contributed by atoms with Gasteiger partial charge in [0.2, 0.25) is 0 Å². The van der Waals surface area contributed by atoms with Crippen LogP contribution in [0.5, 0.6) is 0 Å². The SMILES string of the molecule is CC1OS(=O)(=O)N2C3CCC12CN(C(=O)OCc1ccccc1)C3. The lowest BCUT2D eigenvalue weighted by molar-refractivity contribution is 0.0247. The maximum Gasteiger partial charge on any atom is 0.410 e. The molecule has 0 saturated carbocycles. The fraction of sp³-hybridized carbons (Fsp3) is 0.562. The summed E-state index contributed by atoms with van der Waals surface area (Å²) in [6.07, 6.45) is 0.592. The Morgan fingerprint density at radius 3 is 2.88 bits per heavy atom. The number of hydrogen-bond acceptors (Lipinski definition) is 5. The number of likely N-dealkylation sites (tertiary alicyclic amines) is 1. The molecule has 2 bridgehead atoms. The van der Waals surface area contributed by atoms with Gasteiger partial charge in [-0.1, -0.05) is 30.3 Å². The Morgan fingerprint density at radius 2 is 2.12 bits per heavy atom. The van der Waals surface area contributed by atoms with Crippen molar-refractivity contribution in [2.75, 3.05) is 13.1 Å².